The molecular formula is C15H29ClN2O2. The van der Waals surface area contributed by atoms with Gasteiger partial charge in [0.05, 0.1) is 6.61 Å². The van der Waals surface area contributed by atoms with Gasteiger partial charge in [-0.2, -0.15) is 0 Å². The zero-order chi connectivity index (χ0) is 13.7. The maximum atomic E-state index is 12.4. The monoisotopic (exact) mass is 304 g/mol. The summed E-state index contributed by atoms with van der Waals surface area (Å²) in [5.74, 6) is 0.786. The standard InChI is InChI=1S/C15H28N2O2.ClH/c1-17(10-13-5-8-19-11-13)14(18)9-15(12-16)6-3-2-4-7-15;/h13H,2-12,16H2,1H3;1H. The molecule has 2 N–H and O–H groups in total. The van der Waals surface area contributed by atoms with Crippen molar-refractivity contribution in [2.24, 2.45) is 17.1 Å². The van der Waals surface area contributed by atoms with Crippen molar-refractivity contribution in [1.29, 1.82) is 0 Å². The lowest BCUT2D eigenvalue weighted by atomic mass is 9.71. The molecule has 1 unspecified atom stereocenters. The highest BCUT2D eigenvalue weighted by molar-refractivity contribution is 5.85. The molecule has 0 aromatic heterocycles. The van der Waals surface area contributed by atoms with Gasteiger partial charge in [-0.3, -0.25) is 4.79 Å². The van der Waals surface area contributed by atoms with Crippen LogP contribution >= 0.6 is 12.4 Å². The highest BCUT2D eigenvalue weighted by atomic mass is 35.5. The summed E-state index contributed by atoms with van der Waals surface area (Å²) < 4.78 is 5.37. The molecule has 1 saturated carbocycles. The molecule has 0 aromatic carbocycles. The van der Waals surface area contributed by atoms with Crippen LogP contribution in [0.15, 0.2) is 0 Å². The van der Waals surface area contributed by atoms with Gasteiger partial charge in [0.15, 0.2) is 0 Å². The summed E-state index contributed by atoms with van der Waals surface area (Å²) in [6.45, 7) is 3.14. The van der Waals surface area contributed by atoms with Crippen LogP contribution in [-0.4, -0.2) is 44.2 Å². The second-order valence-electron chi connectivity index (χ2n) is 6.45. The van der Waals surface area contributed by atoms with Crippen molar-refractivity contribution in [2.45, 2.75) is 44.9 Å². The molecule has 1 aliphatic carbocycles. The van der Waals surface area contributed by atoms with Crippen LogP contribution in [0.3, 0.4) is 0 Å². The average Bonchev–Trinajstić information content (AvgIpc) is 2.92. The predicted octanol–water partition coefficient (Wildman–Crippen LogP) is 2.20. The van der Waals surface area contributed by atoms with E-state index in [9.17, 15) is 4.79 Å². The third-order valence-electron chi connectivity index (χ3n) is 4.86. The van der Waals surface area contributed by atoms with Gasteiger partial charge in [-0.1, -0.05) is 19.3 Å². The number of nitrogens with zero attached hydrogens (tertiary/aromatic N) is 1. The molecular weight excluding hydrogens is 276 g/mol. The molecule has 0 aromatic rings. The lowest BCUT2D eigenvalue weighted by Gasteiger charge is -2.37. The van der Waals surface area contributed by atoms with E-state index in [4.69, 9.17) is 10.5 Å². The van der Waals surface area contributed by atoms with Crippen LogP contribution in [0.25, 0.3) is 0 Å². The molecule has 0 spiro atoms. The summed E-state index contributed by atoms with van der Waals surface area (Å²) in [6.07, 6.45) is 7.71. The van der Waals surface area contributed by atoms with Crippen LogP contribution in [0.1, 0.15) is 44.9 Å². The van der Waals surface area contributed by atoms with Crippen LogP contribution in [0.5, 0.6) is 0 Å². The van der Waals surface area contributed by atoms with Gasteiger partial charge >= 0.3 is 0 Å². The van der Waals surface area contributed by atoms with E-state index in [-0.39, 0.29) is 23.7 Å². The fourth-order valence-corrected chi connectivity index (χ4v) is 3.43. The van der Waals surface area contributed by atoms with E-state index in [1.807, 2.05) is 11.9 Å². The minimum absolute atomic E-state index is 0. The summed E-state index contributed by atoms with van der Waals surface area (Å²) in [5, 5.41) is 0. The van der Waals surface area contributed by atoms with Gasteiger partial charge < -0.3 is 15.4 Å². The number of amides is 1. The van der Waals surface area contributed by atoms with Crippen molar-refractivity contribution >= 4 is 18.3 Å². The molecule has 1 atom stereocenters. The van der Waals surface area contributed by atoms with E-state index >= 15 is 0 Å². The Morgan fingerprint density at radius 2 is 2.05 bits per heavy atom. The molecule has 1 heterocycles. The van der Waals surface area contributed by atoms with Gasteiger partial charge in [0.1, 0.15) is 0 Å². The maximum Gasteiger partial charge on any atom is 0.222 e. The zero-order valence-corrected chi connectivity index (χ0v) is 13.4. The molecule has 0 radical (unpaired) electrons. The van der Waals surface area contributed by atoms with E-state index in [1.54, 1.807) is 0 Å². The number of carbonyl (C=O) groups excluding carboxylic acids is 1. The Morgan fingerprint density at radius 3 is 2.60 bits per heavy atom. The van der Waals surface area contributed by atoms with Crippen LogP contribution in [-0.2, 0) is 9.53 Å². The average molecular weight is 305 g/mol. The lowest BCUT2D eigenvalue weighted by Crippen LogP contribution is -2.40. The first kappa shape index (κ1) is 17.7. The van der Waals surface area contributed by atoms with E-state index in [1.165, 1.54) is 19.3 Å². The summed E-state index contributed by atoms with van der Waals surface area (Å²) >= 11 is 0. The largest absolute Gasteiger partial charge is 0.381 e. The summed E-state index contributed by atoms with van der Waals surface area (Å²) in [6, 6.07) is 0. The van der Waals surface area contributed by atoms with Crippen LogP contribution in [0.4, 0.5) is 0 Å². The number of nitrogens with two attached hydrogens (primary N) is 1. The Balaban J connectivity index is 0.00000200. The minimum atomic E-state index is 0. The Kier molecular flexibility index (Phi) is 7.27. The molecule has 0 bridgehead atoms. The Bertz CT molecular complexity index is 300. The third-order valence-corrected chi connectivity index (χ3v) is 4.86. The fourth-order valence-electron chi connectivity index (χ4n) is 3.43. The molecule has 2 rings (SSSR count). The highest BCUT2D eigenvalue weighted by Gasteiger charge is 2.34. The zero-order valence-electron chi connectivity index (χ0n) is 12.6. The predicted molar refractivity (Wildman–Crippen MR) is 83.0 cm³/mol. The molecule has 4 nitrogen and oxygen atoms in total. The molecule has 2 fully saturated rings. The first-order valence-electron chi connectivity index (χ1n) is 7.67. The van der Waals surface area contributed by atoms with Gasteiger partial charge in [0, 0.05) is 32.5 Å². The van der Waals surface area contributed by atoms with Gasteiger partial charge in [-0.25, -0.2) is 0 Å². The van der Waals surface area contributed by atoms with Crippen molar-refractivity contribution in [3.05, 3.63) is 0 Å². The van der Waals surface area contributed by atoms with Crippen LogP contribution in [0.2, 0.25) is 0 Å². The number of carbonyl (C=O) groups is 1. The molecule has 20 heavy (non-hydrogen) atoms. The summed E-state index contributed by atoms with van der Waals surface area (Å²) in [5.41, 5.74) is 6.04. The second kappa shape index (κ2) is 8.20. The molecule has 1 aliphatic heterocycles. The Labute approximate surface area is 128 Å². The number of hydrogen-bond acceptors (Lipinski definition) is 3. The lowest BCUT2D eigenvalue weighted by molar-refractivity contribution is -0.133. The van der Waals surface area contributed by atoms with Crippen molar-refractivity contribution in [3.8, 4) is 0 Å². The summed E-state index contributed by atoms with van der Waals surface area (Å²) in [4.78, 5) is 14.3. The van der Waals surface area contributed by atoms with Gasteiger partial charge in [0.25, 0.3) is 0 Å². The summed E-state index contributed by atoms with van der Waals surface area (Å²) in [7, 11) is 1.92. The first-order valence-corrected chi connectivity index (χ1v) is 7.67. The number of hydrogen-bond donors (Lipinski definition) is 1. The van der Waals surface area contributed by atoms with Crippen LogP contribution < -0.4 is 5.73 Å². The van der Waals surface area contributed by atoms with E-state index < -0.39 is 0 Å². The SMILES string of the molecule is CN(CC1CCOC1)C(=O)CC1(CN)CCCCC1.Cl. The van der Waals surface area contributed by atoms with Gasteiger partial charge in [-0.05, 0) is 31.2 Å². The van der Waals surface area contributed by atoms with E-state index in [2.05, 4.69) is 0 Å². The Hall–Kier alpha value is -0.320. The molecule has 1 amide bonds. The number of rotatable bonds is 5. The highest BCUT2D eigenvalue weighted by Crippen LogP contribution is 2.38. The quantitative estimate of drug-likeness (QED) is 0.847. The minimum Gasteiger partial charge on any atom is -0.381 e. The maximum absolute atomic E-state index is 12.4. The molecule has 5 heteroatoms. The molecule has 118 valence electrons. The van der Waals surface area contributed by atoms with Gasteiger partial charge in [0.2, 0.25) is 5.91 Å². The third kappa shape index (κ3) is 4.61. The van der Waals surface area contributed by atoms with Crippen molar-refractivity contribution in [3.63, 3.8) is 0 Å². The van der Waals surface area contributed by atoms with Crippen molar-refractivity contribution in [1.82, 2.24) is 4.90 Å². The van der Waals surface area contributed by atoms with E-state index in [0.29, 0.717) is 18.9 Å². The molecule has 2 aliphatic rings. The Morgan fingerprint density at radius 1 is 1.35 bits per heavy atom. The van der Waals surface area contributed by atoms with E-state index in [0.717, 1.165) is 39.0 Å². The second-order valence-corrected chi connectivity index (χ2v) is 6.45. The number of ether oxygens (including phenoxy) is 1. The normalized spacial score (nSPS) is 25.0. The number of halogens is 1. The fraction of sp³-hybridized carbons (Fsp3) is 0.933. The van der Waals surface area contributed by atoms with Crippen molar-refractivity contribution < 1.29 is 9.53 Å². The van der Waals surface area contributed by atoms with Crippen LogP contribution in [0, 0.1) is 11.3 Å². The smallest absolute Gasteiger partial charge is 0.222 e. The topological polar surface area (TPSA) is 55.6 Å². The van der Waals surface area contributed by atoms with Gasteiger partial charge in [-0.15, -0.1) is 12.4 Å². The van der Waals surface area contributed by atoms with Crippen molar-refractivity contribution in [2.75, 3.05) is 33.4 Å². The molecule has 1 saturated heterocycles. The first-order chi connectivity index (χ1) is 9.15.